The van der Waals surface area contributed by atoms with Crippen LogP contribution in [0.3, 0.4) is 0 Å². The van der Waals surface area contributed by atoms with Gasteiger partial charge in [0.25, 0.3) is 0 Å². The van der Waals surface area contributed by atoms with Crippen molar-refractivity contribution in [3.63, 3.8) is 0 Å². The van der Waals surface area contributed by atoms with E-state index >= 15 is 0 Å². The lowest BCUT2D eigenvalue weighted by Crippen LogP contribution is -2.05. The first-order valence-corrected chi connectivity index (χ1v) is 7.42. The van der Waals surface area contributed by atoms with Gasteiger partial charge in [-0.15, -0.1) is 5.10 Å². The van der Waals surface area contributed by atoms with Crippen molar-refractivity contribution in [1.82, 2.24) is 10.2 Å². The van der Waals surface area contributed by atoms with E-state index in [0.717, 1.165) is 5.56 Å². The molecule has 1 aromatic heterocycles. The molecule has 3 nitrogen and oxygen atoms in total. The monoisotopic (exact) mass is 323 g/mol. The Bertz CT molecular complexity index is 886. The quantitative estimate of drug-likeness (QED) is 0.668. The third-order valence-electron chi connectivity index (χ3n) is 3.70. The van der Waals surface area contributed by atoms with E-state index in [-0.39, 0.29) is 5.56 Å². The Labute approximate surface area is 138 Å². The molecule has 0 spiro atoms. The van der Waals surface area contributed by atoms with E-state index in [2.05, 4.69) is 15.2 Å². The highest BCUT2D eigenvalue weighted by Gasteiger charge is 2.22. The summed E-state index contributed by atoms with van der Waals surface area (Å²) < 4.78 is 28.9. The molecule has 0 bridgehead atoms. The average Bonchev–Trinajstić information content (AvgIpc) is 2.58. The van der Waals surface area contributed by atoms with E-state index < -0.39 is 11.6 Å². The van der Waals surface area contributed by atoms with Gasteiger partial charge in [-0.05, 0) is 24.6 Å². The van der Waals surface area contributed by atoms with Crippen LogP contribution in [-0.4, -0.2) is 23.5 Å². The van der Waals surface area contributed by atoms with Crippen molar-refractivity contribution in [3.05, 3.63) is 71.6 Å². The summed E-state index contributed by atoms with van der Waals surface area (Å²) >= 11 is 0. The standard InChI is InChI=1S/C19H15F2N3/c1-12-17(13-7-4-3-5-8-13)19(16(11-22-2)24-23-12)18-14(20)9-6-10-15(18)21/h3-11H,1-2H3. The number of rotatable bonds is 3. The van der Waals surface area contributed by atoms with Gasteiger partial charge < -0.3 is 0 Å². The van der Waals surface area contributed by atoms with Crippen molar-refractivity contribution in [1.29, 1.82) is 0 Å². The Balaban J connectivity index is 2.44. The minimum atomic E-state index is -0.648. The van der Waals surface area contributed by atoms with Crippen molar-refractivity contribution in [2.24, 2.45) is 4.99 Å². The summed E-state index contributed by atoms with van der Waals surface area (Å²) in [6.45, 7) is 1.77. The van der Waals surface area contributed by atoms with Crippen molar-refractivity contribution in [2.45, 2.75) is 6.92 Å². The number of aliphatic imine (C=N–C) groups is 1. The van der Waals surface area contributed by atoms with E-state index in [1.54, 1.807) is 14.0 Å². The number of hydrogen-bond acceptors (Lipinski definition) is 3. The van der Waals surface area contributed by atoms with Gasteiger partial charge in [-0.1, -0.05) is 36.4 Å². The van der Waals surface area contributed by atoms with Gasteiger partial charge in [0.1, 0.15) is 17.3 Å². The second-order valence-electron chi connectivity index (χ2n) is 5.27. The van der Waals surface area contributed by atoms with Crippen LogP contribution in [0, 0.1) is 18.6 Å². The van der Waals surface area contributed by atoms with E-state index in [1.807, 2.05) is 30.3 Å². The van der Waals surface area contributed by atoms with Crippen molar-refractivity contribution in [2.75, 3.05) is 7.05 Å². The third kappa shape index (κ3) is 2.80. The molecule has 2 aromatic carbocycles. The van der Waals surface area contributed by atoms with Crippen molar-refractivity contribution < 1.29 is 8.78 Å². The number of aryl methyl sites for hydroxylation is 1. The zero-order valence-corrected chi connectivity index (χ0v) is 13.3. The summed E-state index contributed by atoms with van der Waals surface area (Å²) in [5, 5.41) is 8.21. The van der Waals surface area contributed by atoms with Crippen LogP contribution >= 0.6 is 0 Å². The number of nitrogens with zero attached hydrogens (tertiary/aromatic N) is 3. The minimum absolute atomic E-state index is 0.121. The van der Waals surface area contributed by atoms with Crippen molar-refractivity contribution >= 4 is 6.21 Å². The summed E-state index contributed by atoms with van der Waals surface area (Å²) in [7, 11) is 1.57. The maximum atomic E-state index is 14.5. The first-order chi connectivity index (χ1) is 11.6. The molecule has 0 saturated heterocycles. The molecule has 3 aromatic rings. The molecular formula is C19H15F2N3. The molecule has 0 saturated carbocycles. The lowest BCUT2D eigenvalue weighted by molar-refractivity contribution is 0.589. The van der Waals surface area contributed by atoms with Crippen LogP contribution in [0.5, 0.6) is 0 Å². The van der Waals surface area contributed by atoms with Crippen LogP contribution in [0.25, 0.3) is 22.3 Å². The van der Waals surface area contributed by atoms with Crippen LogP contribution in [0.2, 0.25) is 0 Å². The maximum Gasteiger partial charge on any atom is 0.134 e. The number of benzene rings is 2. The van der Waals surface area contributed by atoms with E-state index in [9.17, 15) is 8.78 Å². The Morgan fingerprint density at radius 3 is 2.12 bits per heavy atom. The highest BCUT2D eigenvalue weighted by Crippen LogP contribution is 2.37. The van der Waals surface area contributed by atoms with Gasteiger partial charge in [0, 0.05) is 24.4 Å². The molecule has 0 aliphatic rings. The second-order valence-corrected chi connectivity index (χ2v) is 5.27. The van der Waals surface area contributed by atoms with E-state index in [0.29, 0.717) is 22.5 Å². The zero-order chi connectivity index (χ0) is 17.1. The molecule has 0 N–H and O–H groups in total. The van der Waals surface area contributed by atoms with E-state index in [1.165, 1.54) is 24.4 Å². The SMILES string of the molecule is CN=Cc1nnc(C)c(-c2ccccc2)c1-c1c(F)cccc1F. The summed E-state index contributed by atoms with van der Waals surface area (Å²) in [5.74, 6) is -1.30. The molecule has 120 valence electrons. The van der Waals surface area contributed by atoms with Gasteiger partial charge >= 0.3 is 0 Å². The molecule has 5 heteroatoms. The molecule has 0 atom stereocenters. The molecule has 0 aliphatic heterocycles. The maximum absolute atomic E-state index is 14.5. The normalized spacial score (nSPS) is 11.2. The summed E-state index contributed by atoms with van der Waals surface area (Å²) in [6.07, 6.45) is 1.46. The number of halogens is 2. The summed E-state index contributed by atoms with van der Waals surface area (Å²) in [4.78, 5) is 3.94. The number of hydrogen-bond donors (Lipinski definition) is 0. The van der Waals surface area contributed by atoms with E-state index in [4.69, 9.17) is 0 Å². The Morgan fingerprint density at radius 2 is 1.50 bits per heavy atom. The molecule has 0 amide bonds. The second kappa shape index (κ2) is 6.66. The fourth-order valence-electron chi connectivity index (χ4n) is 2.70. The Kier molecular flexibility index (Phi) is 4.42. The Hall–Kier alpha value is -2.95. The highest BCUT2D eigenvalue weighted by molar-refractivity contribution is 5.96. The third-order valence-corrected chi connectivity index (χ3v) is 3.70. The fraction of sp³-hybridized carbons (Fsp3) is 0.105. The van der Waals surface area contributed by atoms with Gasteiger partial charge in [0.2, 0.25) is 0 Å². The topological polar surface area (TPSA) is 38.1 Å². The van der Waals surface area contributed by atoms with Crippen molar-refractivity contribution in [3.8, 4) is 22.3 Å². The van der Waals surface area contributed by atoms with Crippen LogP contribution in [0.4, 0.5) is 8.78 Å². The molecule has 24 heavy (non-hydrogen) atoms. The highest BCUT2D eigenvalue weighted by atomic mass is 19.1. The molecule has 0 fully saturated rings. The van der Waals surface area contributed by atoms with Crippen LogP contribution in [0.1, 0.15) is 11.4 Å². The molecular weight excluding hydrogens is 308 g/mol. The fourth-order valence-corrected chi connectivity index (χ4v) is 2.70. The lowest BCUT2D eigenvalue weighted by atomic mass is 9.92. The average molecular weight is 323 g/mol. The Morgan fingerprint density at radius 1 is 0.833 bits per heavy atom. The van der Waals surface area contributed by atoms with Gasteiger partial charge in [0.05, 0.1) is 11.3 Å². The molecule has 0 aliphatic carbocycles. The molecule has 0 radical (unpaired) electrons. The smallest absolute Gasteiger partial charge is 0.134 e. The zero-order valence-electron chi connectivity index (χ0n) is 13.3. The van der Waals surface area contributed by atoms with Gasteiger partial charge in [-0.25, -0.2) is 8.78 Å². The molecule has 0 unspecified atom stereocenters. The predicted molar refractivity (Wildman–Crippen MR) is 91.1 cm³/mol. The van der Waals surface area contributed by atoms with Gasteiger partial charge in [-0.3, -0.25) is 4.99 Å². The van der Waals surface area contributed by atoms with Crippen LogP contribution < -0.4 is 0 Å². The van der Waals surface area contributed by atoms with Crippen LogP contribution in [0.15, 0.2) is 53.5 Å². The predicted octanol–water partition coefficient (Wildman–Crippen LogP) is 4.45. The molecule has 3 rings (SSSR count). The van der Waals surface area contributed by atoms with Gasteiger partial charge in [0.15, 0.2) is 0 Å². The van der Waals surface area contributed by atoms with Crippen LogP contribution in [-0.2, 0) is 0 Å². The summed E-state index contributed by atoms with van der Waals surface area (Å²) in [5.41, 5.74) is 2.61. The van der Waals surface area contributed by atoms with Gasteiger partial charge in [-0.2, -0.15) is 5.10 Å². The lowest BCUT2D eigenvalue weighted by Gasteiger charge is -2.15. The number of aromatic nitrogens is 2. The minimum Gasteiger partial charge on any atom is -0.294 e. The summed E-state index contributed by atoms with van der Waals surface area (Å²) in [6, 6.07) is 13.2. The largest absolute Gasteiger partial charge is 0.294 e. The first kappa shape index (κ1) is 15.9. The first-order valence-electron chi connectivity index (χ1n) is 7.42. The molecule has 1 heterocycles.